The molecule has 1 aromatic heterocycles. The molecule has 0 bridgehead atoms. The summed E-state index contributed by atoms with van der Waals surface area (Å²) in [6, 6.07) is 1.92. The largest absolute Gasteiger partial charge is 0.367 e. The third-order valence-corrected chi connectivity index (χ3v) is 2.53. The Kier molecular flexibility index (Phi) is 5.56. The molecular weight excluding hydrogens is 242 g/mol. The summed E-state index contributed by atoms with van der Waals surface area (Å²) in [6.45, 7) is 0.883. The molecule has 0 atom stereocenters. The van der Waals surface area contributed by atoms with Crippen molar-refractivity contribution in [2.75, 3.05) is 19.5 Å². The van der Waals surface area contributed by atoms with Crippen molar-refractivity contribution in [3.8, 4) is 0 Å². The Labute approximate surface area is 105 Å². The monoisotopic (exact) mass is 257 g/mol. The number of alkyl halides is 1. The van der Waals surface area contributed by atoms with Gasteiger partial charge >= 0.3 is 0 Å². The van der Waals surface area contributed by atoms with Gasteiger partial charge in [-0.3, -0.25) is 9.59 Å². The third kappa shape index (κ3) is 4.91. The highest BCUT2D eigenvalue weighted by Crippen LogP contribution is 2.02. The summed E-state index contributed by atoms with van der Waals surface area (Å²) in [7, 11) is 1.73. The Bertz CT molecular complexity index is 365. The van der Waals surface area contributed by atoms with Gasteiger partial charge in [-0.05, 0) is 11.6 Å². The SMILES string of the molecule is CN(Cc1cc[nH]c1)C(=O)CCNC(=O)CCl. The Morgan fingerprint density at radius 1 is 1.53 bits per heavy atom. The molecule has 17 heavy (non-hydrogen) atoms. The number of hydrogen-bond donors (Lipinski definition) is 2. The van der Waals surface area contributed by atoms with Crippen molar-refractivity contribution in [1.29, 1.82) is 0 Å². The normalized spacial score (nSPS) is 10.0. The number of aromatic amines is 1. The van der Waals surface area contributed by atoms with E-state index < -0.39 is 0 Å². The van der Waals surface area contributed by atoms with Crippen LogP contribution in [0.15, 0.2) is 18.5 Å². The van der Waals surface area contributed by atoms with Crippen molar-refractivity contribution in [3.05, 3.63) is 24.0 Å². The van der Waals surface area contributed by atoms with Crippen molar-refractivity contribution in [2.24, 2.45) is 0 Å². The van der Waals surface area contributed by atoms with Gasteiger partial charge in [0.1, 0.15) is 5.88 Å². The van der Waals surface area contributed by atoms with E-state index in [1.807, 2.05) is 18.5 Å². The van der Waals surface area contributed by atoms with Crippen LogP contribution in [0.5, 0.6) is 0 Å². The first-order valence-electron chi connectivity index (χ1n) is 5.31. The lowest BCUT2D eigenvalue weighted by Crippen LogP contribution is -2.32. The van der Waals surface area contributed by atoms with E-state index in [-0.39, 0.29) is 24.1 Å². The molecule has 0 aliphatic carbocycles. The maximum Gasteiger partial charge on any atom is 0.234 e. The summed E-state index contributed by atoms with van der Waals surface area (Å²) < 4.78 is 0. The summed E-state index contributed by atoms with van der Waals surface area (Å²) >= 11 is 5.31. The van der Waals surface area contributed by atoms with Gasteiger partial charge in [-0.25, -0.2) is 0 Å². The Morgan fingerprint density at radius 3 is 2.88 bits per heavy atom. The molecule has 0 aliphatic heterocycles. The van der Waals surface area contributed by atoms with Gasteiger partial charge in [0, 0.05) is 39.0 Å². The zero-order chi connectivity index (χ0) is 12.7. The summed E-state index contributed by atoms with van der Waals surface area (Å²) in [5.41, 5.74) is 1.05. The van der Waals surface area contributed by atoms with Crippen LogP contribution in [0.3, 0.4) is 0 Å². The molecule has 0 fully saturated rings. The summed E-state index contributed by atoms with van der Waals surface area (Å²) in [4.78, 5) is 27.1. The number of nitrogens with zero attached hydrogens (tertiary/aromatic N) is 1. The van der Waals surface area contributed by atoms with E-state index >= 15 is 0 Å². The number of rotatable bonds is 6. The number of nitrogens with one attached hydrogen (secondary N) is 2. The van der Waals surface area contributed by atoms with Crippen molar-refractivity contribution >= 4 is 23.4 Å². The molecular formula is C11H16ClN3O2. The van der Waals surface area contributed by atoms with E-state index in [0.717, 1.165) is 5.56 Å². The summed E-state index contributed by atoms with van der Waals surface area (Å²) in [6.07, 6.45) is 3.94. The molecule has 0 saturated carbocycles. The lowest BCUT2D eigenvalue weighted by Gasteiger charge is -2.16. The minimum absolute atomic E-state index is 0.0129. The maximum atomic E-state index is 11.7. The van der Waals surface area contributed by atoms with Crippen molar-refractivity contribution in [1.82, 2.24) is 15.2 Å². The van der Waals surface area contributed by atoms with Crippen molar-refractivity contribution in [3.63, 3.8) is 0 Å². The lowest BCUT2D eigenvalue weighted by atomic mass is 10.3. The molecule has 1 rings (SSSR count). The summed E-state index contributed by atoms with van der Waals surface area (Å²) in [5, 5.41) is 2.55. The second-order valence-corrected chi connectivity index (χ2v) is 3.97. The molecule has 0 saturated heterocycles. The smallest absolute Gasteiger partial charge is 0.234 e. The minimum atomic E-state index is -0.257. The second kappa shape index (κ2) is 6.96. The van der Waals surface area contributed by atoms with E-state index in [2.05, 4.69) is 10.3 Å². The van der Waals surface area contributed by atoms with Gasteiger partial charge in [-0.2, -0.15) is 0 Å². The van der Waals surface area contributed by atoms with Crippen LogP contribution in [0.25, 0.3) is 0 Å². The maximum absolute atomic E-state index is 11.7. The number of hydrogen-bond acceptors (Lipinski definition) is 2. The van der Waals surface area contributed by atoms with E-state index in [9.17, 15) is 9.59 Å². The minimum Gasteiger partial charge on any atom is -0.367 e. The van der Waals surface area contributed by atoms with Crippen molar-refractivity contribution < 1.29 is 9.59 Å². The van der Waals surface area contributed by atoms with Crippen LogP contribution in [-0.2, 0) is 16.1 Å². The van der Waals surface area contributed by atoms with Gasteiger partial charge in [-0.1, -0.05) is 0 Å². The highest BCUT2D eigenvalue weighted by atomic mass is 35.5. The van der Waals surface area contributed by atoms with Crippen molar-refractivity contribution in [2.45, 2.75) is 13.0 Å². The number of carbonyl (C=O) groups is 2. The zero-order valence-electron chi connectivity index (χ0n) is 9.70. The Morgan fingerprint density at radius 2 is 2.29 bits per heavy atom. The summed E-state index contributed by atoms with van der Waals surface area (Å²) in [5.74, 6) is -0.346. The Hall–Kier alpha value is -1.49. The number of halogens is 1. The fourth-order valence-electron chi connectivity index (χ4n) is 1.37. The fourth-order valence-corrected chi connectivity index (χ4v) is 1.46. The van der Waals surface area contributed by atoms with E-state index in [1.54, 1.807) is 11.9 Å². The first-order chi connectivity index (χ1) is 8.13. The molecule has 2 amide bonds. The van der Waals surface area contributed by atoms with Crippen LogP contribution in [0, 0.1) is 0 Å². The van der Waals surface area contributed by atoms with Gasteiger partial charge < -0.3 is 15.2 Å². The van der Waals surface area contributed by atoms with Crippen LogP contribution in [0.2, 0.25) is 0 Å². The first kappa shape index (κ1) is 13.6. The molecule has 94 valence electrons. The molecule has 0 unspecified atom stereocenters. The predicted octanol–water partition coefficient (Wildman–Crippen LogP) is 0.718. The topological polar surface area (TPSA) is 65.2 Å². The third-order valence-electron chi connectivity index (χ3n) is 2.29. The first-order valence-corrected chi connectivity index (χ1v) is 5.85. The average molecular weight is 258 g/mol. The van der Waals surface area contributed by atoms with Crippen LogP contribution in [-0.4, -0.2) is 41.2 Å². The molecule has 0 radical (unpaired) electrons. The van der Waals surface area contributed by atoms with Crippen LogP contribution < -0.4 is 5.32 Å². The van der Waals surface area contributed by atoms with Crippen LogP contribution in [0.1, 0.15) is 12.0 Å². The fraction of sp³-hybridized carbons (Fsp3) is 0.455. The van der Waals surface area contributed by atoms with Gasteiger partial charge in [-0.15, -0.1) is 11.6 Å². The average Bonchev–Trinajstić information content (AvgIpc) is 2.81. The number of H-pyrrole nitrogens is 1. The second-order valence-electron chi connectivity index (χ2n) is 3.70. The molecule has 5 nitrogen and oxygen atoms in total. The van der Waals surface area contributed by atoms with Gasteiger partial charge in [0.05, 0.1) is 0 Å². The standard InChI is InChI=1S/C11H16ClN3O2/c1-15(8-9-2-4-13-7-9)11(17)3-5-14-10(16)6-12/h2,4,7,13H,3,5-6,8H2,1H3,(H,14,16). The Balaban J connectivity index is 2.25. The molecule has 0 aliphatic rings. The number of aromatic nitrogens is 1. The van der Waals surface area contributed by atoms with Crippen LogP contribution in [0.4, 0.5) is 0 Å². The van der Waals surface area contributed by atoms with Gasteiger partial charge in [0.15, 0.2) is 0 Å². The van der Waals surface area contributed by atoms with E-state index in [4.69, 9.17) is 11.6 Å². The highest BCUT2D eigenvalue weighted by Gasteiger charge is 2.09. The molecule has 1 heterocycles. The molecule has 6 heteroatoms. The quantitative estimate of drug-likeness (QED) is 0.738. The lowest BCUT2D eigenvalue weighted by molar-refractivity contribution is -0.130. The predicted molar refractivity (Wildman–Crippen MR) is 65.6 cm³/mol. The molecule has 2 N–H and O–H groups in total. The molecule has 1 aromatic rings. The zero-order valence-corrected chi connectivity index (χ0v) is 10.5. The number of carbonyl (C=O) groups excluding carboxylic acids is 2. The van der Waals surface area contributed by atoms with E-state index in [0.29, 0.717) is 13.1 Å². The highest BCUT2D eigenvalue weighted by molar-refractivity contribution is 6.27. The molecule has 0 spiro atoms. The number of amides is 2. The van der Waals surface area contributed by atoms with Gasteiger partial charge in [0.2, 0.25) is 11.8 Å². The van der Waals surface area contributed by atoms with Gasteiger partial charge in [0.25, 0.3) is 0 Å². The van der Waals surface area contributed by atoms with E-state index in [1.165, 1.54) is 0 Å². The van der Waals surface area contributed by atoms with Crippen LogP contribution >= 0.6 is 11.6 Å². The molecule has 0 aromatic carbocycles.